The highest BCUT2D eigenvalue weighted by Gasteiger charge is 2.35. The van der Waals surface area contributed by atoms with Crippen LogP contribution in [-0.2, 0) is 0 Å². The molecule has 0 spiro atoms. The van der Waals surface area contributed by atoms with E-state index in [0.29, 0.717) is 11.6 Å². The Bertz CT molecular complexity index is 670. The molecule has 21 heavy (non-hydrogen) atoms. The average molecular weight is 290 g/mol. The van der Waals surface area contributed by atoms with E-state index in [2.05, 4.69) is 0 Å². The number of aryl methyl sites for hydroxylation is 1. The first-order valence-corrected chi connectivity index (χ1v) is 6.33. The van der Waals surface area contributed by atoms with Crippen molar-refractivity contribution >= 4 is 11.4 Å². The zero-order valence-electron chi connectivity index (χ0n) is 11.3. The van der Waals surface area contributed by atoms with Crippen molar-refractivity contribution in [1.82, 2.24) is 0 Å². The monoisotopic (exact) mass is 290 g/mol. The first kappa shape index (κ1) is 15.0. The molecule has 2 rings (SSSR count). The average Bonchev–Trinajstić information content (AvgIpc) is 2.44. The molecule has 108 valence electrons. The second-order valence-corrected chi connectivity index (χ2v) is 4.66. The second kappa shape index (κ2) is 5.95. The van der Waals surface area contributed by atoms with Crippen molar-refractivity contribution in [3.8, 4) is 0 Å². The van der Waals surface area contributed by atoms with E-state index in [1.165, 1.54) is 30.3 Å². The third kappa shape index (κ3) is 3.81. The maximum Gasteiger partial charge on any atom is 0.417 e. The SMILES string of the molecule is Cc1cccc(/C(=C\C(=O)c2ccccc2)C(F)(F)F)c1. The van der Waals surface area contributed by atoms with E-state index in [-0.39, 0.29) is 11.1 Å². The molecule has 0 radical (unpaired) electrons. The minimum absolute atomic E-state index is 0.00761. The molecule has 0 aliphatic carbocycles. The molecule has 0 bridgehead atoms. The van der Waals surface area contributed by atoms with Crippen molar-refractivity contribution in [3.63, 3.8) is 0 Å². The lowest BCUT2D eigenvalue weighted by atomic mass is 10.00. The summed E-state index contributed by atoms with van der Waals surface area (Å²) >= 11 is 0. The van der Waals surface area contributed by atoms with Gasteiger partial charge >= 0.3 is 6.18 Å². The normalized spacial score (nSPS) is 12.3. The Morgan fingerprint density at radius 2 is 1.57 bits per heavy atom. The van der Waals surface area contributed by atoms with Crippen LogP contribution in [0.4, 0.5) is 13.2 Å². The number of allylic oxidation sites excluding steroid dienone is 2. The number of rotatable bonds is 3. The molecule has 0 amide bonds. The van der Waals surface area contributed by atoms with Crippen LogP contribution in [0.1, 0.15) is 21.5 Å². The fourth-order valence-electron chi connectivity index (χ4n) is 1.96. The van der Waals surface area contributed by atoms with Crippen LogP contribution in [-0.4, -0.2) is 12.0 Å². The maximum absolute atomic E-state index is 13.2. The van der Waals surface area contributed by atoms with Gasteiger partial charge in [-0.25, -0.2) is 0 Å². The minimum Gasteiger partial charge on any atom is -0.289 e. The minimum atomic E-state index is -4.59. The summed E-state index contributed by atoms with van der Waals surface area (Å²) in [6, 6.07) is 13.9. The molecule has 2 aromatic carbocycles. The van der Waals surface area contributed by atoms with Crippen LogP contribution >= 0.6 is 0 Å². The molecule has 0 saturated carbocycles. The van der Waals surface area contributed by atoms with E-state index in [9.17, 15) is 18.0 Å². The van der Waals surface area contributed by atoms with Gasteiger partial charge in [-0.1, -0.05) is 60.2 Å². The fraction of sp³-hybridized carbons (Fsp3) is 0.118. The summed E-state index contributed by atoms with van der Waals surface area (Å²) in [6.45, 7) is 1.70. The summed E-state index contributed by atoms with van der Waals surface area (Å²) < 4.78 is 39.6. The van der Waals surface area contributed by atoms with Gasteiger partial charge in [-0.05, 0) is 18.6 Å². The lowest BCUT2D eigenvalue weighted by Gasteiger charge is -2.12. The number of alkyl halides is 3. The molecule has 1 nitrogen and oxygen atoms in total. The van der Waals surface area contributed by atoms with E-state index in [0.717, 1.165) is 0 Å². The number of carbonyl (C=O) groups excluding carboxylic acids is 1. The lowest BCUT2D eigenvalue weighted by Crippen LogP contribution is -2.13. The molecule has 0 aliphatic heterocycles. The molecule has 0 atom stereocenters. The molecule has 0 unspecified atom stereocenters. The smallest absolute Gasteiger partial charge is 0.289 e. The van der Waals surface area contributed by atoms with Crippen molar-refractivity contribution in [1.29, 1.82) is 0 Å². The van der Waals surface area contributed by atoms with Gasteiger partial charge in [0.2, 0.25) is 0 Å². The highest BCUT2D eigenvalue weighted by molar-refractivity contribution is 6.09. The van der Waals surface area contributed by atoms with Crippen molar-refractivity contribution in [2.24, 2.45) is 0 Å². The molecular weight excluding hydrogens is 277 g/mol. The van der Waals surface area contributed by atoms with Gasteiger partial charge in [0, 0.05) is 5.56 Å². The van der Waals surface area contributed by atoms with E-state index >= 15 is 0 Å². The summed E-state index contributed by atoms with van der Waals surface area (Å²) in [5.41, 5.74) is -0.00597. The van der Waals surface area contributed by atoms with Crippen LogP contribution in [0.5, 0.6) is 0 Å². The van der Waals surface area contributed by atoms with Crippen LogP contribution in [0, 0.1) is 6.92 Å². The molecule has 0 aromatic heterocycles. The van der Waals surface area contributed by atoms with Gasteiger partial charge in [0.05, 0.1) is 5.57 Å². The molecule has 0 fully saturated rings. The molecule has 0 saturated heterocycles. The van der Waals surface area contributed by atoms with E-state index in [1.54, 1.807) is 31.2 Å². The fourth-order valence-corrected chi connectivity index (χ4v) is 1.96. The Morgan fingerprint density at radius 3 is 2.14 bits per heavy atom. The predicted octanol–water partition coefficient (Wildman–Crippen LogP) is 4.82. The highest BCUT2D eigenvalue weighted by Crippen LogP contribution is 2.34. The van der Waals surface area contributed by atoms with E-state index in [4.69, 9.17) is 0 Å². The van der Waals surface area contributed by atoms with Gasteiger partial charge in [-0.15, -0.1) is 0 Å². The lowest BCUT2D eigenvalue weighted by molar-refractivity contribution is -0.0689. The Labute approximate surface area is 120 Å². The third-order valence-electron chi connectivity index (χ3n) is 2.97. The van der Waals surface area contributed by atoms with Crippen LogP contribution in [0.2, 0.25) is 0 Å². The zero-order chi connectivity index (χ0) is 15.5. The number of carbonyl (C=O) groups is 1. The van der Waals surface area contributed by atoms with Crippen LogP contribution < -0.4 is 0 Å². The summed E-state index contributed by atoms with van der Waals surface area (Å²) in [4.78, 5) is 12.0. The summed E-state index contributed by atoms with van der Waals surface area (Å²) in [5.74, 6) is -0.663. The van der Waals surface area contributed by atoms with E-state index in [1.807, 2.05) is 0 Å². The Morgan fingerprint density at radius 1 is 0.952 bits per heavy atom. The molecule has 0 heterocycles. The summed E-state index contributed by atoms with van der Waals surface area (Å²) in [6.07, 6.45) is -3.93. The third-order valence-corrected chi connectivity index (χ3v) is 2.97. The van der Waals surface area contributed by atoms with Gasteiger partial charge in [0.25, 0.3) is 0 Å². The zero-order valence-corrected chi connectivity index (χ0v) is 11.3. The Hall–Kier alpha value is -2.36. The van der Waals surface area contributed by atoms with Crippen molar-refractivity contribution in [2.75, 3.05) is 0 Å². The Kier molecular flexibility index (Phi) is 4.26. The number of benzene rings is 2. The first-order valence-electron chi connectivity index (χ1n) is 6.33. The topological polar surface area (TPSA) is 17.1 Å². The quantitative estimate of drug-likeness (QED) is 0.585. The number of halogens is 3. The van der Waals surface area contributed by atoms with Gasteiger partial charge in [0.1, 0.15) is 0 Å². The maximum atomic E-state index is 13.2. The van der Waals surface area contributed by atoms with E-state index < -0.39 is 17.5 Å². The van der Waals surface area contributed by atoms with Crippen molar-refractivity contribution in [3.05, 3.63) is 77.4 Å². The highest BCUT2D eigenvalue weighted by atomic mass is 19.4. The number of hydrogen-bond acceptors (Lipinski definition) is 1. The molecular formula is C17H13F3O. The van der Waals surface area contributed by atoms with Gasteiger partial charge in [0.15, 0.2) is 5.78 Å². The molecule has 2 aromatic rings. The number of hydrogen-bond donors (Lipinski definition) is 0. The van der Waals surface area contributed by atoms with Crippen LogP contribution in [0.15, 0.2) is 60.7 Å². The van der Waals surface area contributed by atoms with Gasteiger partial charge in [-0.2, -0.15) is 13.2 Å². The van der Waals surface area contributed by atoms with Gasteiger partial charge in [-0.3, -0.25) is 4.79 Å². The summed E-state index contributed by atoms with van der Waals surface area (Å²) in [7, 11) is 0. The van der Waals surface area contributed by atoms with Gasteiger partial charge < -0.3 is 0 Å². The molecule has 0 aliphatic rings. The van der Waals surface area contributed by atoms with Crippen molar-refractivity contribution < 1.29 is 18.0 Å². The summed E-state index contributed by atoms with van der Waals surface area (Å²) in [5, 5.41) is 0. The largest absolute Gasteiger partial charge is 0.417 e. The number of ketones is 1. The van der Waals surface area contributed by atoms with Crippen LogP contribution in [0.3, 0.4) is 0 Å². The van der Waals surface area contributed by atoms with Crippen LogP contribution in [0.25, 0.3) is 5.57 Å². The molecule has 0 N–H and O–H groups in total. The van der Waals surface area contributed by atoms with Crippen molar-refractivity contribution in [2.45, 2.75) is 13.1 Å². The standard InChI is InChI=1S/C17H13F3O/c1-12-6-5-9-14(10-12)15(17(18,19)20)11-16(21)13-7-3-2-4-8-13/h2-11H,1H3/b15-11+. The molecule has 4 heteroatoms. The first-order chi connectivity index (χ1) is 9.88. The Balaban J connectivity index is 2.47. The second-order valence-electron chi connectivity index (χ2n) is 4.66. The predicted molar refractivity (Wildman–Crippen MR) is 76.0 cm³/mol.